The van der Waals surface area contributed by atoms with Crippen LogP contribution in [-0.2, 0) is 12.7 Å². The number of anilines is 1. The molecule has 5 heterocycles. The van der Waals surface area contributed by atoms with Crippen molar-refractivity contribution in [3.05, 3.63) is 70.7 Å². The molecule has 0 aromatic carbocycles. The molecule has 7 nitrogen and oxygen atoms in total. The third kappa shape index (κ3) is 3.63. The van der Waals surface area contributed by atoms with Crippen molar-refractivity contribution in [3.63, 3.8) is 0 Å². The molecule has 0 saturated heterocycles. The first-order valence-electron chi connectivity index (χ1n) is 9.08. The van der Waals surface area contributed by atoms with E-state index < -0.39 is 17.6 Å². The Morgan fingerprint density at radius 3 is 2.77 bits per heavy atom. The highest BCUT2D eigenvalue weighted by molar-refractivity contribution is 7.09. The number of nitrogens with one attached hydrogen (secondary N) is 2. The van der Waals surface area contributed by atoms with Gasteiger partial charge in [-0.1, -0.05) is 0 Å². The number of H-pyrrole nitrogens is 1. The zero-order chi connectivity index (χ0) is 21.6. The minimum Gasteiger partial charge on any atom is -0.346 e. The minimum absolute atomic E-state index is 0.172. The number of carbonyl (C=O) groups is 1. The predicted molar refractivity (Wildman–Crippen MR) is 110 cm³/mol. The largest absolute Gasteiger partial charge is 0.417 e. The molecule has 5 rings (SSSR count). The maximum atomic E-state index is 13.1. The van der Waals surface area contributed by atoms with Gasteiger partial charge < -0.3 is 14.9 Å². The number of amides is 1. The summed E-state index contributed by atoms with van der Waals surface area (Å²) in [5.74, 6) is -0.486. The number of alkyl halides is 3. The van der Waals surface area contributed by atoms with Gasteiger partial charge in [0.2, 0.25) is 0 Å². The summed E-state index contributed by atoms with van der Waals surface area (Å²) in [4.78, 5) is 28.5. The molecule has 0 unspecified atom stereocenters. The zero-order valence-corrected chi connectivity index (χ0v) is 16.5. The van der Waals surface area contributed by atoms with E-state index in [1.165, 1.54) is 23.6 Å². The molecule has 0 atom stereocenters. The van der Waals surface area contributed by atoms with Crippen molar-refractivity contribution in [2.45, 2.75) is 12.7 Å². The molecule has 5 aromatic heterocycles. The van der Waals surface area contributed by atoms with E-state index >= 15 is 0 Å². The van der Waals surface area contributed by atoms with E-state index in [4.69, 9.17) is 0 Å². The van der Waals surface area contributed by atoms with E-state index in [1.54, 1.807) is 28.4 Å². The van der Waals surface area contributed by atoms with E-state index in [0.29, 0.717) is 16.3 Å². The molecule has 0 aliphatic carbocycles. The van der Waals surface area contributed by atoms with Crippen molar-refractivity contribution < 1.29 is 18.0 Å². The van der Waals surface area contributed by atoms with Gasteiger partial charge in [-0.3, -0.25) is 4.79 Å². The highest BCUT2D eigenvalue weighted by atomic mass is 32.1. The number of carbonyl (C=O) groups excluding carboxylic acids is 1. The minimum atomic E-state index is -4.53. The van der Waals surface area contributed by atoms with Gasteiger partial charge in [-0.15, -0.1) is 11.3 Å². The monoisotopic (exact) mass is 442 g/mol. The van der Waals surface area contributed by atoms with Crippen LogP contribution >= 0.6 is 11.3 Å². The van der Waals surface area contributed by atoms with Gasteiger partial charge in [0.25, 0.3) is 5.91 Å². The van der Waals surface area contributed by atoms with Gasteiger partial charge in [0.15, 0.2) is 0 Å². The second-order valence-corrected chi connectivity index (χ2v) is 7.75. The van der Waals surface area contributed by atoms with E-state index in [-0.39, 0.29) is 23.3 Å². The Labute approximate surface area is 176 Å². The van der Waals surface area contributed by atoms with Gasteiger partial charge in [0, 0.05) is 34.7 Å². The fourth-order valence-corrected chi connectivity index (χ4v) is 3.92. The molecule has 31 heavy (non-hydrogen) atoms. The Bertz CT molecular complexity index is 1400. The lowest BCUT2D eigenvalue weighted by molar-refractivity contribution is -0.137. The highest BCUT2D eigenvalue weighted by Gasteiger charge is 2.32. The van der Waals surface area contributed by atoms with Gasteiger partial charge >= 0.3 is 6.18 Å². The van der Waals surface area contributed by atoms with Gasteiger partial charge in [-0.05, 0) is 24.3 Å². The van der Waals surface area contributed by atoms with E-state index in [0.717, 1.165) is 17.6 Å². The molecule has 1 amide bonds. The number of hydrogen-bond donors (Lipinski definition) is 2. The SMILES string of the molecule is O=C(Nc1cnc2[nH]ccc2c1)c1cc2cc(C(F)(F)F)cnc2n1Cc1nccs1. The van der Waals surface area contributed by atoms with Gasteiger partial charge in [0.05, 0.1) is 24.0 Å². The highest BCUT2D eigenvalue weighted by Crippen LogP contribution is 2.32. The molecule has 0 aliphatic rings. The first-order chi connectivity index (χ1) is 14.9. The first kappa shape index (κ1) is 19.2. The number of aromatic amines is 1. The summed E-state index contributed by atoms with van der Waals surface area (Å²) in [6.45, 7) is 0.206. The first-order valence-corrected chi connectivity index (χ1v) is 9.96. The lowest BCUT2D eigenvalue weighted by Gasteiger charge is -2.10. The molecule has 0 bridgehead atoms. The summed E-state index contributed by atoms with van der Waals surface area (Å²) in [6, 6.07) is 5.97. The molecule has 0 aliphatic heterocycles. The van der Waals surface area contributed by atoms with Crippen LogP contribution in [0.3, 0.4) is 0 Å². The van der Waals surface area contributed by atoms with Crippen molar-refractivity contribution in [3.8, 4) is 0 Å². The Morgan fingerprint density at radius 1 is 1.13 bits per heavy atom. The van der Waals surface area contributed by atoms with Crippen LogP contribution < -0.4 is 5.32 Å². The zero-order valence-electron chi connectivity index (χ0n) is 15.6. The van der Waals surface area contributed by atoms with Crippen LogP contribution in [0.2, 0.25) is 0 Å². The average Bonchev–Trinajstić information content (AvgIpc) is 3.47. The third-order valence-corrected chi connectivity index (χ3v) is 5.49. The molecule has 156 valence electrons. The summed E-state index contributed by atoms with van der Waals surface area (Å²) >= 11 is 1.38. The van der Waals surface area contributed by atoms with Crippen molar-refractivity contribution in [1.82, 2.24) is 24.5 Å². The number of thiazole rings is 1. The van der Waals surface area contributed by atoms with Crippen LogP contribution in [0.15, 0.2) is 54.4 Å². The molecule has 0 fully saturated rings. The van der Waals surface area contributed by atoms with Crippen molar-refractivity contribution >= 4 is 45.0 Å². The maximum Gasteiger partial charge on any atom is 0.417 e. The van der Waals surface area contributed by atoms with Crippen LogP contribution in [0.5, 0.6) is 0 Å². The van der Waals surface area contributed by atoms with Gasteiger partial charge in [0.1, 0.15) is 22.0 Å². The molecule has 0 spiro atoms. The molecular formula is C20H13F3N6OS. The number of halogens is 3. The molecule has 0 saturated carbocycles. The van der Waals surface area contributed by atoms with Crippen LogP contribution in [0, 0.1) is 0 Å². The molecule has 0 radical (unpaired) electrons. The van der Waals surface area contributed by atoms with Gasteiger partial charge in [-0.25, -0.2) is 15.0 Å². The lowest BCUT2D eigenvalue weighted by atomic mass is 10.2. The van der Waals surface area contributed by atoms with Crippen LogP contribution in [0.1, 0.15) is 21.1 Å². The second-order valence-electron chi connectivity index (χ2n) is 6.77. The topological polar surface area (TPSA) is 88.5 Å². The standard InChI is InChI=1S/C20H13F3N6OS/c21-20(22,23)13-5-12-7-15(29(18(12)27-8-13)10-16-24-3-4-31-16)19(30)28-14-6-11-1-2-25-17(11)26-9-14/h1-9H,10H2,(H,25,26)(H,28,30). The Hall–Kier alpha value is -3.73. The summed E-state index contributed by atoms with van der Waals surface area (Å²) in [5.41, 5.74) is 0.714. The Kier molecular flexibility index (Phi) is 4.47. The summed E-state index contributed by atoms with van der Waals surface area (Å²) in [5, 5.41) is 6.28. The predicted octanol–water partition coefficient (Wildman–Crippen LogP) is 4.69. The van der Waals surface area contributed by atoms with E-state index in [2.05, 4.69) is 25.3 Å². The summed E-state index contributed by atoms with van der Waals surface area (Å²) in [7, 11) is 0. The molecular weight excluding hydrogens is 429 g/mol. The number of hydrogen-bond acceptors (Lipinski definition) is 5. The number of nitrogens with zero attached hydrogens (tertiary/aromatic N) is 4. The normalized spacial score (nSPS) is 12.0. The number of pyridine rings is 2. The summed E-state index contributed by atoms with van der Waals surface area (Å²) in [6.07, 6.45) is 1.10. The molecule has 2 N–H and O–H groups in total. The van der Waals surface area contributed by atoms with Crippen molar-refractivity contribution in [2.75, 3.05) is 5.32 Å². The smallest absolute Gasteiger partial charge is 0.346 e. The Balaban J connectivity index is 1.56. The van der Waals surface area contributed by atoms with Crippen LogP contribution in [0.25, 0.3) is 22.1 Å². The van der Waals surface area contributed by atoms with Gasteiger partial charge in [-0.2, -0.15) is 13.2 Å². The number of fused-ring (bicyclic) bond motifs is 2. The fraction of sp³-hybridized carbons (Fsp3) is 0.100. The second kappa shape index (κ2) is 7.20. The van der Waals surface area contributed by atoms with Crippen molar-refractivity contribution in [1.29, 1.82) is 0 Å². The third-order valence-electron chi connectivity index (χ3n) is 4.73. The van der Waals surface area contributed by atoms with E-state index in [9.17, 15) is 18.0 Å². The summed E-state index contributed by atoms with van der Waals surface area (Å²) < 4.78 is 41.0. The van der Waals surface area contributed by atoms with E-state index in [1.807, 2.05) is 6.07 Å². The van der Waals surface area contributed by atoms with Crippen LogP contribution in [0.4, 0.5) is 18.9 Å². The number of aromatic nitrogens is 5. The molecule has 11 heteroatoms. The number of rotatable bonds is 4. The quantitative estimate of drug-likeness (QED) is 0.423. The van der Waals surface area contributed by atoms with Crippen molar-refractivity contribution in [2.24, 2.45) is 0 Å². The Morgan fingerprint density at radius 2 is 2.00 bits per heavy atom. The van der Waals surface area contributed by atoms with Crippen LogP contribution in [-0.4, -0.2) is 30.4 Å². The lowest BCUT2D eigenvalue weighted by Crippen LogP contribution is -2.18. The molecule has 5 aromatic rings. The maximum absolute atomic E-state index is 13.1. The fourth-order valence-electron chi connectivity index (χ4n) is 3.32. The average molecular weight is 442 g/mol.